The summed E-state index contributed by atoms with van der Waals surface area (Å²) in [5.74, 6) is -3.77. The van der Waals surface area contributed by atoms with Crippen molar-refractivity contribution >= 4 is 33.2 Å². The number of aromatic nitrogens is 4. The first-order valence-corrected chi connectivity index (χ1v) is 9.28. The van der Waals surface area contributed by atoms with Crippen LogP contribution in [0.1, 0.15) is 5.56 Å². The number of benzene rings is 1. The number of aliphatic hydroxyl groups is 1. The van der Waals surface area contributed by atoms with Crippen molar-refractivity contribution < 1.29 is 31.8 Å². The summed E-state index contributed by atoms with van der Waals surface area (Å²) in [6.45, 7) is 0. The summed E-state index contributed by atoms with van der Waals surface area (Å²) in [5, 5.41) is 21.8. The lowest BCUT2D eigenvalue weighted by Gasteiger charge is -2.16. The summed E-state index contributed by atoms with van der Waals surface area (Å²) < 4.78 is 73.9. The lowest BCUT2D eigenvalue weighted by molar-refractivity contribution is -0.136. The Bertz CT molecular complexity index is 1190. The molecule has 0 radical (unpaired) electrons. The number of rotatable bonds is 6. The van der Waals surface area contributed by atoms with Crippen LogP contribution in [0.25, 0.3) is 11.0 Å². The van der Waals surface area contributed by atoms with Gasteiger partial charge in [0.2, 0.25) is 11.5 Å². The molecule has 3 aromatic heterocycles. The minimum atomic E-state index is -4.74. The van der Waals surface area contributed by atoms with E-state index in [4.69, 9.17) is 4.74 Å². The molecule has 0 saturated carbocycles. The highest BCUT2D eigenvalue weighted by Gasteiger charge is 2.35. The second kappa shape index (κ2) is 7.96. The number of hydrogen-bond donors (Lipinski definition) is 4. The van der Waals surface area contributed by atoms with Crippen LogP contribution < -0.4 is 15.4 Å². The number of aliphatic hydroxyl groups excluding tert-OH is 1. The van der Waals surface area contributed by atoms with Crippen molar-refractivity contribution in [1.82, 2.24) is 20.2 Å². The van der Waals surface area contributed by atoms with Crippen LogP contribution in [-0.4, -0.2) is 31.6 Å². The molecular weight excluding hydrogens is 447 g/mol. The SMILES string of the molecule is OC(Nc1cc(F)c(Oc2ccnc3[nH]cc(C(F)(F)F)c23)c(F)c1)Nc1nncs1. The quantitative estimate of drug-likeness (QED) is 0.252. The lowest BCUT2D eigenvalue weighted by Crippen LogP contribution is -2.28. The predicted molar refractivity (Wildman–Crippen MR) is 101 cm³/mol. The number of alkyl halides is 3. The van der Waals surface area contributed by atoms with Gasteiger partial charge in [-0.05, 0) is 6.07 Å². The van der Waals surface area contributed by atoms with E-state index in [1.54, 1.807) is 0 Å². The van der Waals surface area contributed by atoms with E-state index in [2.05, 4.69) is 30.8 Å². The fraction of sp³-hybridized carbons (Fsp3) is 0.118. The molecular formula is C17H11F5N6O2S. The molecule has 0 aliphatic rings. The number of fused-ring (bicyclic) bond motifs is 1. The molecule has 14 heteroatoms. The average Bonchev–Trinajstić information content (AvgIpc) is 3.34. The van der Waals surface area contributed by atoms with Crippen molar-refractivity contribution in [3.63, 3.8) is 0 Å². The number of anilines is 2. The van der Waals surface area contributed by atoms with E-state index in [9.17, 15) is 27.1 Å². The van der Waals surface area contributed by atoms with Crippen LogP contribution in [0.4, 0.5) is 32.8 Å². The highest BCUT2D eigenvalue weighted by atomic mass is 32.1. The monoisotopic (exact) mass is 458 g/mol. The van der Waals surface area contributed by atoms with Gasteiger partial charge in [0.05, 0.1) is 10.9 Å². The minimum Gasteiger partial charge on any atom is -0.450 e. The molecule has 4 rings (SSSR count). The van der Waals surface area contributed by atoms with Gasteiger partial charge in [-0.25, -0.2) is 13.8 Å². The van der Waals surface area contributed by atoms with Crippen molar-refractivity contribution in [1.29, 1.82) is 0 Å². The Hall–Kier alpha value is -3.52. The number of H-pyrrole nitrogens is 1. The molecule has 4 aromatic rings. The van der Waals surface area contributed by atoms with Crippen molar-refractivity contribution in [2.24, 2.45) is 0 Å². The van der Waals surface area contributed by atoms with Crippen LogP contribution in [0.5, 0.6) is 11.5 Å². The second-order valence-corrected chi connectivity index (χ2v) is 6.87. The van der Waals surface area contributed by atoms with Crippen molar-refractivity contribution in [3.05, 3.63) is 53.3 Å². The van der Waals surface area contributed by atoms with Crippen molar-refractivity contribution in [2.75, 3.05) is 10.6 Å². The van der Waals surface area contributed by atoms with Gasteiger partial charge in [0.25, 0.3) is 0 Å². The Morgan fingerprint density at radius 3 is 2.55 bits per heavy atom. The Kier molecular flexibility index (Phi) is 5.32. The Morgan fingerprint density at radius 2 is 1.90 bits per heavy atom. The third-order valence-corrected chi connectivity index (χ3v) is 4.60. The van der Waals surface area contributed by atoms with Gasteiger partial charge in [-0.1, -0.05) is 11.3 Å². The highest BCUT2D eigenvalue weighted by molar-refractivity contribution is 7.13. The van der Waals surface area contributed by atoms with E-state index in [1.807, 2.05) is 0 Å². The molecule has 0 spiro atoms. The minimum absolute atomic E-state index is 0.158. The van der Waals surface area contributed by atoms with Crippen LogP contribution in [0.3, 0.4) is 0 Å². The van der Waals surface area contributed by atoms with Crippen LogP contribution >= 0.6 is 11.3 Å². The number of ether oxygens (including phenoxy) is 1. The molecule has 0 aliphatic heterocycles. The number of hydrogen-bond acceptors (Lipinski definition) is 8. The van der Waals surface area contributed by atoms with E-state index in [1.165, 1.54) is 5.51 Å². The molecule has 0 fully saturated rings. The van der Waals surface area contributed by atoms with Gasteiger partial charge < -0.3 is 25.5 Å². The maximum atomic E-state index is 14.5. The molecule has 0 amide bonds. The van der Waals surface area contributed by atoms with Gasteiger partial charge in [0, 0.05) is 30.2 Å². The first-order valence-electron chi connectivity index (χ1n) is 8.40. The van der Waals surface area contributed by atoms with E-state index in [0.29, 0.717) is 6.20 Å². The number of nitrogens with zero attached hydrogens (tertiary/aromatic N) is 3. The molecule has 1 unspecified atom stereocenters. The summed E-state index contributed by atoms with van der Waals surface area (Å²) in [5.41, 5.74) is 0.000376. The zero-order chi connectivity index (χ0) is 22.2. The van der Waals surface area contributed by atoms with Crippen LogP contribution in [0, 0.1) is 11.6 Å². The van der Waals surface area contributed by atoms with E-state index in [-0.39, 0.29) is 16.5 Å². The summed E-state index contributed by atoms with van der Waals surface area (Å²) in [4.78, 5) is 6.11. The van der Waals surface area contributed by atoms with Gasteiger partial charge in [0.15, 0.2) is 17.4 Å². The zero-order valence-electron chi connectivity index (χ0n) is 15.0. The summed E-state index contributed by atoms with van der Waals surface area (Å²) in [6, 6.07) is 2.68. The highest BCUT2D eigenvalue weighted by Crippen LogP contribution is 2.40. The molecule has 0 aliphatic carbocycles. The van der Waals surface area contributed by atoms with Gasteiger partial charge in [-0.15, -0.1) is 10.2 Å². The molecule has 0 saturated heterocycles. The van der Waals surface area contributed by atoms with Crippen molar-refractivity contribution in [2.45, 2.75) is 12.5 Å². The fourth-order valence-corrected chi connectivity index (χ4v) is 3.20. The molecule has 162 valence electrons. The van der Waals surface area contributed by atoms with E-state index >= 15 is 0 Å². The second-order valence-electron chi connectivity index (χ2n) is 6.04. The normalized spacial score (nSPS) is 12.7. The number of aromatic amines is 1. The zero-order valence-corrected chi connectivity index (χ0v) is 15.9. The standard InChI is InChI=1S/C17H11F5N6O2S/c18-9-3-7(26-15(29)27-16-28-25-6-31-16)4-10(19)13(9)30-11-1-2-23-14-12(11)8(5-24-14)17(20,21)22/h1-6,15,26,29H,(H,23,24)(H,27,28). The van der Waals surface area contributed by atoms with E-state index < -0.39 is 46.6 Å². The Morgan fingerprint density at radius 1 is 1.16 bits per heavy atom. The third-order valence-electron chi connectivity index (χ3n) is 3.97. The number of pyridine rings is 1. The predicted octanol–water partition coefficient (Wildman–Crippen LogP) is 4.30. The fourth-order valence-electron chi connectivity index (χ4n) is 2.73. The molecule has 8 nitrogen and oxygen atoms in total. The maximum Gasteiger partial charge on any atom is 0.418 e. The largest absolute Gasteiger partial charge is 0.450 e. The molecule has 31 heavy (non-hydrogen) atoms. The molecule has 1 aromatic carbocycles. The van der Waals surface area contributed by atoms with E-state index in [0.717, 1.165) is 35.7 Å². The molecule has 1 atom stereocenters. The summed E-state index contributed by atoms with van der Waals surface area (Å²) in [6.07, 6.45) is -4.36. The van der Waals surface area contributed by atoms with Crippen LogP contribution in [0.15, 0.2) is 36.1 Å². The lowest BCUT2D eigenvalue weighted by atomic mass is 10.2. The molecule has 0 bridgehead atoms. The summed E-state index contributed by atoms with van der Waals surface area (Å²) >= 11 is 1.09. The number of nitrogens with one attached hydrogen (secondary N) is 3. The summed E-state index contributed by atoms with van der Waals surface area (Å²) in [7, 11) is 0. The van der Waals surface area contributed by atoms with Gasteiger partial charge in [-0.3, -0.25) is 0 Å². The maximum absolute atomic E-state index is 14.5. The third kappa shape index (κ3) is 4.34. The smallest absolute Gasteiger partial charge is 0.418 e. The molecule has 4 N–H and O–H groups in total. The topological polar surface area (TPSA) is 108 Å². The number of halogens is 5. The van der Waals surface area contributed by atoms with Gasteiger partial charge >= 0.3 is 6.18 Å². The first kappa shape index (κ1) is 20.7. The van der Waals surface area contributed by atoms with Gasteiger partial charge in [0.1, 0.15) is 16.9 Å². The van der Waals surface area contributed by atoms with Crippen molar-refractivity contribution in [3.8, 4) is 11.5 Å². The van der Waals surface area contributed by atoms with Crippen LogP contribution in [-0.2, 0) is 6.18 Å². The average molecular weight is 458 g/mol. The Labute approximate surface area is 173 Å². The van der Waals surface area contributed by atoms with Crippen LogP contribution in [0.2, 0.25) is 0 Å². The Balaban J connectivity index is 1.61. The molecule has 3 heterocycles. The van der Waals surface area contributed by atoms with Gasteiger partial charge in [-0.2, -0.15) is 13.2 Å². The first-order chi connectivity index (χ1) is 14.7.